The highest BCUT2D eigenvalue weighted by Gasteiger charge is 2.17. The lowest BCUT2D eigenvalue weighted by molar-refractivity contribution is 0.426. The van der Waals surface area contributed by atoms with Crippen LogP contribution in [0.3, 0.4) is 0 Å². The third-order valence-corrected chi connectivity index (χ3v) is 2.78. The quantitative estimate of drug-likeness (QED) is 0.609. The minimum absolute atomic E-state index is 0.446. The van der Waals surface area contributed by atoms with E-state index in [2.05, 4.69) is 4.98 Å². The highest BCUT2D eigenvalue weighted by molar-refractivity contribution is 6.62. The molecule has 0 saturated carbocycles. The summed E-state index contributed by atoms with van der Waals surface area (Å²) in [6.45, 7) is 1.90. The molecule has 2 rings (SSSR count). The van der Waals surface area contributed by atoms with E-state index >= 15 is 0 Å². The van der Waals surface area contributed by atoms with Gasteiger partial charge in [-0.05, 0) is 12.5 Å². The molecular weight excluding hydrogens is 200 g/mol. The van der Waals surface area contributed by atoms with Crippen molar-refractivity contribution in [2.45, 2.75) is 6.92 Å². The number of fused-ring (bicyclic) bond motifs is 1. The van der Waals surface area contributed by atoms with Crippen LogP contribution in [0, 0.1) is 6.92 Å². The Labute approximate surface area is 86.5 Å². The summed E-state index contributed by atoms with van der Waals surface area (Å²) >= 11 is 6.05. The number of H-pyrrole nitrogens is 1. The number of nitrogens with one attached hydrogen (secondary N) is 1. The monoisotopic (exact) mass is 209 g/mol. The molecule has 0 fully saturated rings. The average molecular weight is 209 g/mol. The van der Waals surface area contributed by atoms with Crippen molar-refractivity contribution in [1.82, 2.24) is 4.98 Å². The zero-order chi connectivity index (χ0) is 10.3. The molecule has 3 N–H and O–H groups in total. The van der Waals surface area contributed by atoms with Crippen LogP contribution in [0.2, 0.25) is 5.02 Å². The number of aromatic nitrogens is 1. The molecule has 1 aromatic carbocycles. The van der Waals surface area contributed by atoms with Crippen molar-refractivity contribution in [2.24, 2.45) is 0 Å². The minimum Gasteiger partial charge on any atom is -0.423 e. The second kappa shape index (κ2) is 3.31. The molecule has 3 nitrogen and oxygen atoms in total. The van der Waals surface area contributed by atoms with E-state index in [0.29, 0.717) is 10.5 Å². The Morgan fingerprint density at radius 3 is 2.71 bits per heavy atom. The molecular formula is C9H9BClNO2. The van der Waals surface area contributed by atoms with Gasteiger partial charge in [-0.25, -0.2) is 0 Å². The van der Waals surface area contributed by atoms with E-state index in [9.17, 15) is 0 Å². The molecule has 5 heteroatoms. The lowest BCUT2D eigenvalue weighted by Crippen LogP contribution is -2.28. The van der Waals surface area contributed by atoms with Gasteiger partial charge in [-0.2, -0.15) is 0 Å². The van der Waals surface area contributed by atoms with Crippen LogP contribution in [-0.2, 0) is 0 Å². The van der Waals surface area contributed by atoms with E-state index in [0.717, 1.165) is 16.5 Å². The van der Waals surface area contributed by atoms with Crippen LogP contribution in [0.15, 0.2) is 18.3 Å². The Morgan fingerprint density at radius 2 is 2.07 bits per heavy atom. The van der Waals surface area contributed by atoms with Crippen LogP contribution < -0.4 is 5.46 Å². The third-order valence-electron chi connectivity index (χ3n) is 2.30. The van der Waals surface area contributed by atoms with Crippen molar-refractivity contribution < 1.29 is 10.0 Å². The van der Waals surface area contributed by atoms with Gasteiger partial charge in [0.05, 0.1) is 10.5 Å². The minimum atomic E-state index is -1.47. The fourth-order valence-corrected chi connectivity index (χ4v) is 1.72. The van der Waals surface area contributed by atoms with Crippen LogP contribution in [-0.4, -0.2) is 22.2 Å². The van der Waals surface area contributed by atoms with Gasteiger partial charge in [0.2, 0.25) is 0 Å². The van der Waals surface area contributed by atoms with Crippen LogP contribution in [0.5, 0.6) is 0 Å². The Balaban J connectivity index is 2.77. The van der Waals surface area contributed by atoms with E-state index in [1.807, 2.05) is 19.1 Å². The topological polar surface area (TPSA) is 56.2 Å². The first-order valence-corrected chi connectivity index (χ1v) is 4.61. The predicted molar refractivity (Wildman–Crippen MR) is 57.9 cm³/mol. The number of benzene rings is 1. The number of aryl methyl sites for hydroxylation is 1. The summed E-state index contributed by atoms with van der Waals surface area (Å²) < 4.78 is 0. The number of rotatable bonds is 1. The standard InChI is InChI=1S/C9H9BClNO2/c1-5-2-3-6-7(10(13)14)4-12-9(6)8(5)11/h2-4,12-14H,1H3. The molecule has 2 aromatic rings. The Kier molecular flexibility index (Phi) is 2.27. The van der Waals surface area contributed by atoms with Gasteiger partial charge in [0, 0.05) is 17.0 Å². The number of hydrogen-bond donors (Lipinski definition) is 3. The van der Waals surface area contributed by atoms with Crippen LogP contribution >= 0.6 is 11.6 Å². The second-order valence-corrected chi connectivity index (χ2v) is 3.61. The van der Waals surface area contributed by atoms with Gasteiger partial charge in [0.15, 0.2) is 0 Å². The maximum Gasteiger partial charge on any atom is 0.490 e. The summed E-state index contributed by atoms with van der Waals surface area (Å²) in [7, 11) is -1.47. The largest absolute Gasteiger partial charge is 0.490 e. The van der Waals surface area contributed by atoms with E-state index in [1.165, 1.54) is 0 Å². The average Bonchev–Trinajstić information content (AvgIpc) is 2.55. The first-order valence-electron chi connectivity index (χ1n) is 4.23. The van der Waals surface area contributed by atoms with Gasteiger partial charge in [0.1, 0.15) is 0 Å². The zero-order valence-corrected chi connectivity index (χ0v) is 8.34. The first kappa shape index (κ1) is 9.58. The summed E-state index contributed by atoms with van der Waals surface area (Å²) in [5.41, 5.74) is 2.15. The van der Waals surface area contributed by atoms with Crippen molar-refractivity contribution in [3.05, 3.63) is 28.9 Å². The van der Waals surface area contributed by atoms with Gasteiger partial charge in [-0.15, -0.1) is 0 Å². The van der Waals surface area contributed by atoms with E-state index in [4.69, 9.17) is 21.6 Å². The van der Waals surface area contributed by atoms with Crippen molar-refractivity contribution >= 4 is 35.1 Å². The van der Waals surface area contributed by atoms with Crippen molar-refractivity contribution in [2.75, 3.05) is 0 Å². The molecule has 1 heterocycles. The number of halogens is 1. The fraction of sp³-hybridized carbons (Fsp3) is 0.111. The molecule has 0 bridgehead atoms. The maximum atomic E-state index is 9.06. The summed E-state index contributed by atoms with van der Waals surface area (Å²) in [5.74, 6) is 0. The summed E-state index contributed by atoms with van der Waals surface area (Å²) in [6, 6.07) is 3.67. The molecule has 0 unspecified atom stereocenters. The first-order chi connectivity index (χ1) is 6.61. The molecule has 72 valence electrons. The molecule has 0 spiro atoms. The molecule has 0 aliphatic carbocycles. The Bertz CT molecular complexity index is 481. The molecule has 0 aliphatic heterocycles. The van der Waals surface area contributed by atoms with E-state index in [1.54, 1.807) is 6.20 Å². The molecule has 1 aromatic heterocycles. The van der Waals surface area contributed by atoms with Crippen molar-refractivity contribution in [3.8, 4) is 0 Å². The van der Waals surface area contributed by atoms with Crippen LogP contribution in [0.25, 0.3) is 10.9 Å². The SMILES string of the molecule is Cc1ccc2c(B(O)O)c[nH]c2c1Cl. The van der Waals surface area contributed by atoms with E-state index in [-0.39, 0.29) is 0 Å². The molecule has 0 radical (unpaired) electrons. The maximum absolute atomic E-state index is 9.06. The fourth-order valence-electron chi connectivity index (χ4n) is 1.50. The highest BCUT2D eigenvalue weighted by atomic mass is 35.5. The smallest absolute Gasteiger partial charge is 0.423 e. The third kappa shape index (κ3) is 1.32. The van der Waals surface area contributed by atoms with Crippen LogP contribution in [0.1, 0.15) is 5.56 Å². The van der Waals surface area contributed by atoms with Gasteiger partial charge in [-0.1, -0.05) is 23.7 Å². The normalized spacial score (nSPS) is 10.9. The summed E-state index contributed by atoms with van der Waals surface area (Å²) in [5, 5.41) is 19.5. The number of hydrogen-bond acceptors (Lipinski definition) is 2. The molecule has 0 atom stereocenters. The Hall–Kier alpha value is -0.965. The molecule has 14 heavy (non-hydrogen) atoms. The lowest BCUT2D eigenvalue weighted by Gasteiger charge is -2.00. The van der Waals surface area contributed by atoms with Crippen molar-refractivity contribution in [1.29, 1.82) is 0 Å². The lowest BCUT2D eigenvalue weighted by atomic mass is 9.80. The zero-order valence-electron chi connectivity index (χ0n) is 7.58. The summed E-state index contributed by atoms with van der Waals surface area (Å²) in [4.78, 5) is 2.93. The highest BCUT2D eigenvalue weighted by Crippen LogP contribution is 2.24. The van der Waals surface area contributed by atoms with Gasteiger partial charge < -0.3 is 15.0 Å². The predicted octanol–water partition coefficient (Wildman–Crippen LogP) is 0.810. The second-order valence-electron chi connectivity index (χ2n) is 3.24. The molecule has 0 aliphatic rings. The van der Waals surface area contributed by atoms with E-state index < -0.39 is 7.12 Å². The number of aromatic amines is 1. The van der Waals surface area contributed by atoms with Gasteiger partial charge in [-0.3, -0.25) is 0 Å². The van der Waals surface area contributed by atoms with Gasteiger partial charge in [0.25, 0.3) is 0 Å². The summed E-state index contributed by atoms with van der Waals surface area (Å²) in [6.07, 6.45) is 1.56. The molecule has 0 amide bonds. The molecule has 0 saturated heterocycles. The van der Waals surface area contributed by atoms with Crippen molar-refractivity contribution in [3.63, 3.8) is 0 Å². The van der Waals surface area contributed by atoms with Gasteiger partial charge >= 0.3 is 7.12 Å². The Morgan fingerprint density at radius 1 is 1.36 bits per heavy atom. The van der Waals surface area contributed by atoms with Crippen LogP contribution in [0.4, 0.5) is 0 Å².